The van der Waals surface area contributed by atoms with Gasteiger partial charge in [0.05, 0.1) is 11.3 Å². The molecule has 0 unspecified atom stereocenters. The van der Waals surface area contributed by atoms with Gasteiger partial charge in [0.2, 0.25) is 5.91 Å². The molecular weight excluding hydrogens is 271 g/mol. The number of para-hydroxylation sites is 1. The molecule has 0 radical (unpaired) electrons. The van der Waals surface area contributed by atoms with Crippen LogP contribution < -0.4 is 11.1 Å². The Morgan fingerprint density at radius 3 is 2.38 bits per heavy atom. The number of carbonyl (C=O) groups is 2. The van der Waals surface area contributed by atoms with E-state index in [4.69, 9.17) is 5.73 Å². The summed E-state index contributed by atoms with van der Waals surface area (Å²) in [5.74, 6) is -1.37. The maximum absolute atomic E-state index is 12.7. The second-order valence-corrected chi connectivity index (χ2v) is 4.28. The van der Waals surface area contributed by atoms with E-state index >= 15 is 0 Å². The van der Waals surface area contributed by atoms with Crippen molar-refractivity contribution >= 4 is 23.6 Å². The maximum Gasteiger partial charge on any atom is 0.250 e. The zero-order valence-electron chi connectivity index (χ0n) is 11.0. The Balaban J connectivity index is 2.08. The summed E-state index contributed by atoms with van der Waals surface area (Å²) in [4.78, 5) is 23.0. The summed E-state index contributed by atoms with van der Waals surface area (Å²) >= 11 is 0. The van der Waals surface area contributed by atoms with Crippen molar-refractivity contribution in [2.75, 3.05) is 5.32 Å². The minimum Gasteiger partial charge on any atom is -0.366 e. The molecule has 21 heavy (non-hydrogen) atoms. The summed E-state index contributed by atoms with van der Waals surface area (Å²) in [5, 5.41) is 2.57. The Kier molecular flexibility index (Phi) is 4.46. The van der Waals surface area contributed by atoms with Crippen molar-refractivity contribution in [2.45, 2.75) is 0 Å². The second kappa shape index (κ2) is 6.47. The van der Waals surface area contributed by atoms with Gasteiger partial charge in [-0.3, -0.25) is 9.59 Å². The molecule has 5 heteroatoms. The number of nitrogens with one attached hydrogen (secondary N) is 1. The first-order chi connectivity index (χ1) is 10.1. The van der Waals surface area contributed by atoms with Gasteiger partial charge in [-0.05, 0) is 35.9 Å². The average molecular weight is 284 g/mol. The predicted molar refractivity (Wildman–Crippen MR) is 79.0 cm³/mol. The molecule has 0 atom stereocenters. The van der Waals surface area contributed by atoms with Gasteiger partial charge in [-0.1, -0.05) is 24.3 Å². The van der Waals surface area contributed by atoms with Crippen LogP contribution in [0.15, 0.2) is 54.6 Å². The molecule has 0 spiro atoms. The minimum absolute atomic E-state index is 0.237. The molecule has 0 heterocycles. The van der Waals surface area contributed by atoms with E-state index in [1.807, 2.05) is 0 Å². The fraction of sp³-hybridized carbons (Fsp3) is 0. The number of nitrogens with two attached hydrogens (primary N) is 1. The van der Waals surface area contributed by atoms with Gasteiger partial charge in [0.1, 0.15) is 5.82 Å². The zero-order valence-corrected chi connectivity index (χ0v) is 11.0. The van der Waals surface area contributed by atoms with Crippen molar-refractivity contribution in [1.82, 2.24) is 0 Å². The van der Waals surface area contributed by atoms with Crippen LogP contribution >= 0.6 is 0 Å². The third-order valence-electron chi connectivity index (χ3n) is 2.75. The van der Waals surface area contributed by atoms with Gasteiger partial charge in [0.25, 0.3) is 5.91 Å². The molecule has 0 aliphatic heterocycles. The molecule has 3 N–H and O–H groups in total. The van der Waals surface area contributed by atoms with Crippen LogP contribution in [0.25, 0.3) is 6.08 Å². The van der Waals surface area contributed by atoms with Crippen molar-refractivity contribution < 1.29 is 14.0 Å². The summed E-state index contributed by atoms with van der Waals surface area (Å²) in [6.07, 6.45) is 2.84. The third-order valence-corrected chi connectivity index (χ3v) is 2.75. The number of halogens is 1. The highest BCUT2D eigenvalue weighted by molar-refractivity contribution is 6.07. The van der Waals surface area contributed by atoms with Crippen LogP contribution in [0.3, 0.4) is 0 Å². The fourth-order valence-corrected chi connectivity index (χ4v) is 1.73. The van der Waals surface area contributed by atoms with Gasteiger partial charge in [0.15, 0.2) is 0 Å². The maximum atomic E-state index is 12.7. The summed E-state index contributed by atoms with van der Waals surface area (Å²) in [6, 6.07) is 12.2. The first-order valence-electron chi connectivity index (χ1n) is 6.20. The second-order valence-electron chi connectivity index (χ2n) is 4.28. The van der Waals surface area contributed by atoms with Crippen LogP contribution in [0.4, 0.5) is 10.1 Å². The summed E-state index contributed by atoms with van der Waals surface area (Å²) in [6.45, 7) is 0. The molecule has 2 aromatic rings. The zero-order chi connectivity index (χ0) is 15.2. The van der Waals surface area contributed by atoms with E-state index in [2.05, 4.69) is 5.32 Å². The fourth-order valence-electron chi connectivity index (χ4n) is 1.73. The van der Waals surface area contributed by atoms with Crippen LogP contribution in [0.5, 0.6) is 0 Å². The molecule has 0 saturated heterocycles. The van der Waals surface area contributed by atoms with Gasteiger partial charge >= 0.3 is 0 Å². The van der Waals surface area contributed by atoms with Gasteiger partial charge in [-0.2, -0.15) is 0 Å². The summed E-state index contributed by atoms with van der Waals surface area (Å²) in [5.41, 5.74) is 6.50. The van der Waals surface area contributed by atoms with E-state index in [1.54, 1.807) is 36.4 Å². The molecule has 0 saturated carbocycles. The molecular formula is C16H13FN2O2. The molecule has 0 bridgehead atoms. The summed E-state index contributed by atoms with van der Waals surface area (Å²) < 4.78 is 12.7. The lowest BCUT2D eigenvalue weighted by Crippen LogP contribution is -2.16. The Hall–Kier alpha value is -2.95. The highest BCUT2D eigenvalue weighted by atomic mass is 19.1. The largest absolute Gasteiger partial charge is 0.366 e. The number of hydrogen-bond donors (Lipinski definition) is 2. The van der Waals surface area contributed by atoms with Crippen molar-refractivity contribution in [3.05, 3.63) is 71.6 Å². The monoisotopic (exact) mass is 284 g/mol. The quantitative estimate of drug-likeness (QED) is 0.847. The van der Waals surface area contributed by atoms with Crippen molar-refractivity contribution in [3.8, 4) is 0 Å². The van der Waals surface area contributed by atoms with Crippen LogP contribution in [0.2, 0.25) is 0 Å². The Morgan fingerprint density at radius 1 is 1.05 bits per heavy atom. The highest BCUT2D eigenvalue weighted by Gasteiger charge is 2.08. The van der Waals surface area contributed by atoms with E-state index in [-0.39, 0.29) is 11.4 Å². The van der Waals surface area contributed by atoms with E-state index in [0.29, 0.717) is 11.3 Å². The van der Waals surface area contributed by atoms with Crippen molar-refractivity contribution in [1.29, 1.82) is 0 Å². The van der Waals surface area contributed by atoms with Gasteiger partial charge < -0.3 is 11.1 Å². The molecule has 2 amide bonds. The lowest BCUT2D eigenvalue weighted by Gasteiger charge is -2.06. The van der Waals surface area contributed by atoms with Crippen LogP contribution in [-0.4, -0.2) is 11.8 Å². The molecule has 4 nitrogen and oxygen atoms in total. The molecule has 0 aliphatic carbocycles. The Morgan fingerprint density at radius 2 is 1.71 bits per heavy atom. The average Bonchev–Trinajstić information content (AvgIpc) is 2.47. The lowest BCUT2D eigenvalue weighted by atomic mass is 10.1. The predicted octanol–water partition coefficient (Wildman–Crippen LogP) is 2.58. The van der Waals surface area contributed by atoms with Crippen molar-refractivity contribution in [2.24, 2.45) is 5.73 Å². The number of hydrogen-bond acceptors (Lipinski definition) is 2. The number of carbonyl (C=O) groups excluding carboxylic acids is 2. The van der Waals surface area contributed by atoms with Crippen molar-refractivity contribution in [3.63, 3.8) is 0 Å². The van der Waals surface area contributed by atoms with E-state index in [9.17, 15) is 14.0 Å². The number of rotatable bonds is 4. The summed E-state index contributed by atoms with van der Waals surface area (Å²) in [7, 11) is 0. The number of amides is 2. The number of primary amides is 1. The van der Waals surface area contributed by atoms with Gasteiger partial charge in [-0.25, -0.2) is 4.39 Å². The van der Waals surface area contributed by atoms with Gasteiger partial charge in [-0.15, -0.1) is 0 Å². The van der Waals surface area contributed by atoms with E-state index < -0.39 is 11.8 Å². The standard InChI is InChI=1S/C16H13FN2O2/c17-12-8-5-11(6-9-12)7-10-15(20)19-14-4-2-1-3-13(14)16(18)21/h1-10H,(H2,18,21)(H,19,20)/b10-7+. The molecule has 0 aliphatic rings. The highest BCUT2D eigenvalue weighted by Crippen LogP contribution is 2.14. The topological polar surface area (TPSA) is 72.2 Å². The first kappa shape index (κ1) is 14.5. The van der Waals surface area contributed by atoms with Crippen LogP contribution in [0, 0.1) is 5.82 Å². The van der Waals surface area contributed by atoms with Crippen LogP contribution in [-0.2, 0) is 4.79 Å². The molecule has 0 aromatic heterocycles. The van der Waals surface area contributed by atoms with E-state index in [1.165, 1.54) is 24.3 Å². The van der Waals surface area contributed by atoms with Crippen LogP contribution in [0.1, 0.15) is 15.9 Å². The molecule has 2 rings (SSSR count). The normalized spacial score (nSPS) is 10.5. The first-order valence-corrected chi connectivity index (χ1v) is 6.20. The third kappa shape index (κ3) is 4.01. The Labute approximate surface area is 121 Å². The van der Waals surface area contributed by atoms with Gasteiger partial charge in [0, 0.05) is 6.08 Å². The molecule has 0 fully saturated rings. The molecule has 106 valence electrons. The Bertz CT molecular complexity index is 694. The minimum atomic E-state index is -0.617. The smallest absolute Gasteiger partial charge is 0.250 e. The lowest BCUT2D eigenvalue weighted by molar-refractivity contribution is -0.111. The number of anilines is 1. The SMILES string of the molecule is NC(=O)c1ccccc1NC(=O)/C=C/c1ccc(F)cc1. The number of benzene rings is 2. The molecule has 2 aromatic carbocycles. The van der Waals surface area contributed by atoms with E-state index in [0.717, 1.165) is 0 Å².